The lowest BCUT2D eigenvalue weighted by Gasteiger charge is -2.36. The molecule has 0 radical (unpaired) electrons. The number of aryl methyl sites for hydroxylation is 1. The van der Waals surface area contributed by atoms with Gasteiger partial charge in [-0.25, -0.2) is 8.42 Å². The fourth-order valence-electron chi connectivity index (χ4n) is 3.88. The summed E-state index contributed by atoms with van der Waals surface area (Å²) >= 11 is 0. The van der Waals surface area contributed by atoms with Gasteiger partial charge in [-0.1, -0.05) is 30.3 Å². The third-order valence-corrected chi connectivity index (χ3v) is 7.66. The highest BCUT2D eigenvalue weighted by molar-refractivity contribution is 7.89. The van der Waals surface area contributed by atoms with E-state index in [1.807, 2.05) is 6.92 Å². The highest BCUT2D eigenvalue weighted by atomic mass is 32.2. The van der Waals surface area contributed by atoms with Crippen molar-refractivity contribution in [1.29, 1.82) is 0 Å². The van der Waals surface area contributed by atoms with E-state index in [4.69, 9.17) is 0 Å². The molecular formula is C24H34N4O3S. The molecule has 0 spiro atoms. The summed E-state index contributed by atoms with van der Waals surface area (Å²) in [5, 5.41) is 2.93. The van der Waals surface area contributed by atoms with Crippen molar-refractivity contribution in [1.82, 2.24) is 14.5 Å². The number of carbonyl (C=O) groups is 1. The second-order valence-electron chi connectivity index (χ2n) is 8.50. The molecule has 2 aromatic carbocycles. The smallest absolute Gasteiger partial charge is 0.243 e. The molecule has 1 heterocycles. The molecular weight excluding hydrogens is 424 g/mol. The van der Waals surface area contributed by atoms with Gasteiger partial charge in [-0.15, -0.1) is 0 Å². The Bertz CT molecular complexity index is 989. The molecule has 174 valence electrons. The first-order valence-electron chi connectivity index (χ1n) is 11.1. The summed E-state index contributed by atoms with van der Waals surface area (Å²) in [5.74, 6) is -0.288. The molecule has 0 aromatic heterocycles. The molecule has 1 fully saturated rings. The van der Waals surface area contributed by atoms with Crippen molar-refractivity contribution in [3.8, 4) is 0 Å². The topological polar surface area (TPSA) is 73.0 Å². The number of likely N-dealkylation sites (N-methyl/N-ethyl adjacent to an activating group) is 1. The second kappa shape index (κ2) is 10.9. The van der Waals surface area contributed by atoms with Gasteiger partial charge in [0.2, 0.25) is 15.9 Å². The predicted octanol–water partition coefficient (Wildman–Crippen LogP) is 2.33. The van der Waals surface area contributed by atoms with E-state index in [-0.39, 0.29) is 23.4 Å². The highest BCUT2D eigenvalue weighted by Gasteiger charge is 2.23. The molecule has 1 saturated heterocycles. The number of hydrogen-bond donors (Lipinski definition) is 1. The summed E-state index contributed by atoms with van der Waals surface area (Å²) in [6.07, 6.45) is 0.825. The average Bonchev–Trinajstić information content (AvgIpc) is 2.78. The van der Waals surface area contributed by atoms with E-state index in [2.05, 4.69) is 46.3 Å². The van der Waals surface area contributed by atoms with Crippen LogP contribution < -0.4 is 10.2 Å². The van der Waals surface area contributed by atoms with E-state index in [1.54, 1.807) is 18.2 Å². The highest BCUT2D eigenvalue weighted by Crippen LogP contribution is 2.18. The molecule has 8 heteroatoms. The summed E-state index contributed by atoms with van der Waals surface area (Å²) in [4.78, 5) is 17.4. The number of amides is 1. The Hall–Kier alpha value is -2.42. The Labute approximate surface area is 192 Å². The molecule has 0 aliphatic carbocycles. The van der Waals surface area contributed by atoms with Gasteiger partial charge in [-0.2, -0.15) is 4.31 Å². The van der Waals surface area contributed by atoms with Crippen molar-refractivity contribution in [3.05, 3.63) is 60.2 Å². The lowest BCUT2D eigenvalue weighted by atomic mass is 10.1. The Balaban J connectivity index is 1.39. The van der Waals surface area contributed by atoms with Crippen LogP contribution in [-0.4, -0.2) is 75.9 Å². The van der Waals surface area contributed by atoms with Gasteiger partial charge in [0.25, 0.3) is 0 Å². The van der Waals surface area contributed by atoms with Crippen LogP contribution in [-0.2, 0) is 14.8 Å². The maximum absolute atomic E-state index is 12.6. The van der Waals surface area contributed by atoms with Gasteiger partial charge in [0, 0.05) is 51.5 Å². The Kier molecular flexibility index (Phi) is 8.28. The van der Waals surface area contributed by atoms with Crippen molar-refractivity contribution < 1.29 is 13.2 Å². The minimum Gasteiger partial charge on any atom is -0.369 e. The maximum atomic E-state index is 12.6. The fourth-order valence-corrected chi connectivity index (χ4v) is 5.03. The van der Waals surface area contributed by atoms with Gasteiger partial charge in [-0.05, 0) is 50.1 Å². The van der Waals surface area contributed by atoms with Crippen LogP contribution in [0.25, 0.3) is 0 Å². The minimum atomic E-state index is -3.67. The SMILES string of the molecule is Cc1cccc(N2CCN(CCC(C)NC(=O)CN(C)S(=O)(=O)c3ccccc3)CC2)c1. The number of rotatable bonds is 9. The number of piperazine rings is 1. The monoisotopic (exact) mass is 458 g/mol. The number of nitrogens with zero attached hydrogens (tertiary/aromatic N) is 3. The number of sulfonamides is 1. The van der Waals surface area contributed by atoms with Gasteiger partial charge >= 0.3 is 0 Å². The molecule has 1 aliphatic heterocycles. The average molecular weight is 459 g/mol. The maximum Gasteiger partial charge on any atom is 0.243 e. The summed E-state index contributed by atoms with van der Waals surface area (Å²) < 4.78 is 26.2. The van der Waals surface area contributed by atoms with E-state index in [9.17, 15) is 13.2 Å². The Morgan fingerprint density at radius 2 is 1.75 bits per heavy atom. The zero-order valence-electron chi connectivity index (χ0n) is 19.2. The quantitative estimate of drug-likeness (QED) is 0.624. The predicted molar refractivity (Wildman–Crippen MR) is 128 cm³/mol. The van der Waals surface area contributed by atoms with E-state index in [0.29, 0.717) is 0 Å². The molecule has 0 bridgehead atoms. The number of benzene rings is 2. The summed E-state index contributed by atoms with van der Waals surface area (Å²) in [7, 11) is -2.24. The first-order chi connectivity index (χ1) is 15.3. The van der Waals surface area contributed by atoms with Crippen molar-refractivity contribution in [2.45, 2.75) is 31.2 Å². The second-order valence-corrected chi connectivity index (χ2v) is 10.5. The van der Waals surface area contributed by atoms with Gasteiger partial charge in [0.05, 0.1) is 11.4 Å². The Morgan fingerprint density at radius 1 is 1.06 bits per heavy atom. The van der Waals surface area contributed by atoms with Crippen LogP contribution in [0.3, 0.4) is 0 Å². The number of nitrogens with one attached hydrogen (secondary N) is 1. The van der Waals surface area contributed by atoms with E-state index in [1.165, 1.54) is 30.4 Å². The van der Waals surface area contributed by atoms with E-state index in [0.717, 1.165) is 43.4 Å². The lowest BCUT2D eigenvalue weighted by Crippen LogP contribution is -2.48. The van der Waals surface area contributed by atoms with Crippen molar-refractivity contribution in [3.63, 3.8) is 0 Å². The van der Waals surface area contributed by atoms with Crippen LogP contribution >= 0.6 is 0 Å². The van der Waals surface area contributed by atoms with Crippen LogP contribution in [0.2, 0.25) is 0 Å². The first-order valence-corrected chi connectivity index (χ1v) is 12.5. The lowest BCUT2D eigenvalue weighted by molar-refractivity contribution is -0.121. The zero-order valence-corrected chi connectivity index (χ0v) is 20.0. The first kappa shape index (κ1) is 24.2. The van der Waals surface area contributed by atoms with Crippen LogP contribution in [0.4, 0.5) is 5.69 Å². The number of hydrogen-bond acceptors (Lipinski definition) is 5. The summed E-state index contributed by atoms with van der Waals surface area (Å²) in [6, 6.07) is 16.7. The number of anilines is 1. The molecule has 2 aromatic rings. The zero-order chi connectivity index (χ0) is 23.1. The van der Waals surface area contributed by atoms with Crippen molar-refractivity contribution in [2.75, 3.05) is 51.2 Å². The van der Waals surface area contributed by atoms with Gasteiger partial charge in [0.15, 0.2) is 0 Å². The van der Waals surface area contributed by atoms with Crippen molar-refractivity contribution in [2.24, 2.45) is 0 Å². The summed E-state index contributed by atoms with van der Waals surface area (Å²) in [6.45, 7) is 8.76. The summed E-state index contributed by atoms with van der Waals surface area (Å²) in [5.41, 5.74) is 2.55. The van der Waals surface area contributed by atoms with Crippen LogP contribution in [0.15, 0.2) is 59.5 Å². The van der Waals surface area contributed by atoms with Crippen molar-refractivity contribution >= 4 is 21.6 Å². The third kappa shape index (κ3) is 6.54. The molecule has 1 atom stereocenters. The van der Waals surface area contributed by atoms with E-state index >= 15 is 0 Å². The van der Waals surface area contributed by atoms with Gasteiger partial charge in [-0.3, -0.25) is 9.69 Å². The van der Waals surface area contributed by atoms with Crippen LogP contribution in [0, 0.1) is 6.92 Å². The molecule has 0 saturated carbocycles. The molecule has 1 amide bonds. The van der Waals surface area contributed by atoms with Gasteiger partial charge < -0.3 is 10.2 Å². The fraction of sp³-hybridized carbons (Fsp3) is 0.458. The molecule has 1 N–H and O–H groups in total. The molecule has 32 heavy (non-hydrogen) atoms. The van der Waals surface area contributed by atoms with Crippen LogP contribution in [0.1, 0.15) is 18.9 Å². The molecule has 1 aliphatic rings. The standard InChI is InChI=1S/C24H34N4O3S/c1-20-8-7-9-22(18-20)28-16-14-27(15-17-28)13-12-21(2)25-24(29)19-26(3)32(30,31)23-10-5-4-6-11-23/h4-11,18,21H,12-17,19H2,1-3H3,(H,25,29). The van der Waals surface area contributed by atoms with E-state index < -0.39 is 10.0 Å². The number of carbonyl (C=O) groups excluding carboxylic acids is 1. The van der Waals surface area contributed by atoms with Crippen LogP contribution in [0.5, 0.6) is 0 Å². The molecule has 1 unspecified atom stereocenters. The minimum absolute atomic E-state index is 0.0230. The normalized spacial score (nSPS) is 16.2. The molecule has 7 nitrogen and oxygen atoms in total. The Morgan fingerprint density at radius 3 is 2.41 bits per heavy atom. The largest absolute Gasteiger partial charge is 0.369 e. The van der Waals surface area contributed by atoms with Gasteiger partial charge in [0.1, 0.15) is 0 Å². The third-order valence-electron chi connectivity index (χ3n) is 5.84. The molecule has 3 rings (SSSR count).